The van der Waals surface area contributed by atoms with Crippen LogP contribution in [-0.2, 0) is 5.75 Å². The fourth-order valence-corrected chi connectivity index (χ4v) is 2.97. The zero-order valence-electron chi connectivity index (χ0n) is 8.69. The minimum absolute atomic E-state index is 0.847. The number of nitrogens with two attached hydrogens (primary N) is 1. The fraction of sp³-hybridized carbons (Fsp3) is 0.0769. The standard InChI is InChI=1S/C13H12BrNS/c14-11-6-2-1-5-10(11)9-16-13-8-4-3-7-12(13)15/h1-8H,9,15H2. The Morgan fingerprint density at radius 2 is 1.69 bits per heavy atom. The number of nitrogen functional groups attached to an aromatic ring is 1. The Balaban J connectivity index is 2.09. The summed E-state index contributed by atoms with van der Waals surface area (Å²) in [6, 6.07) is 16.2. The van der Waals surface area contributed by atoms with Crippen LogP contribution >= 0.6 is 27.7 Å². The summed E-state index contributed by atoms with van der Waals surface area (Å²) >= 11 is 5.30. The molecule has 2 rings (SSSR count). The second-order valence-electron chi connectivity index (χ2n) is 3.42. The lowest BCUT2D eigenvalue weighted by Gasteiger charge is -2.06. The smallest absolute Gasteiger partial charge is 0.0452 e. The molecule has 0 radical (unpaired) electrons. The van der Waals surface area contributed by atoms with E-state index in [4.69, 9.17) is 5.73 Å². The van der Waals surface area contributed by atoms with E-state index in [0.29, 0.717) is 0 Å². The number of benzene rings is 2. The molecule has 0 bridgehead atoms. The summed E-state index contributed by atoms with van der Waals surface area (Å²) in [5, 5.41) is 0. The largest absolute Gasteiger partial charge is 0.398 e. The SMILES string of the molecule is Nc1ccccc1SCc1ccccc1Br. The molecule has 3 heteroatoms. The Hall–Kier alpha value is -0.930. The van der Waals surface area contributed by atoms with E-state index in [9.17, 15) is 0 Å². The number of halogens is 1. The molecule has 2 aromatic carbocycles. The monoisotopic (exact) mass is 293 g/mol. The highest BCUT2D eigenvalue weighted by molar-refractivity contribution is 9.10. The molecule has 1 nitrogen and oxygen atoms in total. The molecule has 0 heterocycles. The maximum absolute atomic E-state index is 5.89. The van der Waals surface area contributed by atoms with Gasteiger partial charge in [-0.3, -0.25) is 0 Å². The van der Waals surface area contributed by atoms with Gasteiger partial charge in [0, 0.05) is 20.8 Å². The first kappa shape index (κ1) is 11.6. The zero-order valence-corrected chi connectivity index (χ0v) is 11.1. The third-order valence-corrected chi connectivity index (χ3v) is 4.17. The van der Waals surface area contributed by atoms with Gasteiger partial charge in [0.05, 0.1) is 0 Å². The molecular formula is C13H12BrNS. The normalized spacial score (nSPS) is 10.3. The molecule has 0 aromatic heterocycles. The molecule has 2 N–H and O–H groups in total. The molecule has 82 valence electrons. The zero-order chi connectivity index (χ0) is 11.4. The van der Waals surface area contributed by atoms with Crippen LogP contribution in [0, 0.1) is 0 Å². The van der Waals surface area contributed by atoms with Gasteiger partial charge >= 0.3 is 0 Å². The quantitative estimate of drug-likeness (QED) is 0.674. The van der Waals surface area contributed by atoms with Crippen LogP contribution in [0.5, 0.6) is 0 Å². The Morgan fingerprint density at radius 3 is 2.44 bits per heavy atom. The number of rotatable bonds is 3. The molecule has 0 atom stereocenters. The summed E-state index contributed by atoms with van der Waals surface area (Å²) in [6.07, 6.45) is 0. The average molecular weight is 294 g/mol. The Kier molecular flexibility index (Phi) is 3.91. The third kappa shape index (κ3) is 2.80. The van der Waals surface area contributed by atoms with Crippen molar-refractivity contribution >= 4 is 33.4 Å². The lowest BCUT2D eigenvalue weighted by atomic mass is 10.2. The summed E-state index contributed by atoms with van der Waals surface area (Å²) in [5.41, 5.74) is 8.02. The van der Waals surface area contributed by atoms with Gasteiger partial charge in [-0.15, -0.1) is 11.8 Å². The summed E-state index contributed by atoms with van der Waals surface area (Å²) in [7, 11) is 0. The lowest BCUT2D eigenvalue weighted by molar-refractivity contribution is 1.36. The van der Waals surface area contributed by atoms with Crippen LogP contribution in [0.25, 0.3) is 0 Å². The molecule has 0 fully saturated rings. The van der Waals surface area contributed by atoms with E-state index < -0.39 is 0 Å². The topological polar surface area (TPSA) is 26.0 Å². The van der Waals surface area contributed by atoms with Gasteiger partial charge < -0.3 is 5.73 Å². The Morgan fingerprint density at radius 1 is 1.00 bits per heavy atom. The van der Waals surface area contributed by atoms with Gasteiger partial charge in [-0.2, -0.15) is 0 Å². The van der Waals surface area contributed by atoms with Crippen molar-refractivity contribution in [3.8, 4) is 0 Å². The molecule has 0 amide bonds. The maximum Gasteiger partial charge on any atom is 0.0452 e. The molecule has 0 unspecified atom stereocenters. The first-order valence-corrected chi connectivity index (χ1v) is 6.76. The number of hydrogen-bond donors (Lipinski definition) is 1. The van der Waals surface area contributed by atoms with Gasteiger partial charge in [0.2, 0.25) is 0 Å². The minimum Gasteiger partial charge on any atom is -0.398 e. The number of para-hydroxylation sites is 1. The summed E-state index contributed by atoms with van der Waals surface area (Å²) in [5.74, 6) is 0.926. The van der Waals surface area contributed by atoms with Crippen LogP contribution in [0.15, 0.2) is 57.9 Å². The van der Waals surface area contributed by atoms with E-state index in [-0.39, 0.29) is 0 Å². The first-order chi connectivity index (χ1) is 7.77. The first-order valence-electron chi connectivity index (χ1n) is 4.98. The second kappa shape index (κ2) is 5.41. The lowest BCUT2D eigenvalue weighted by Crippen LogP contribution is -1.88. The molecule has 0 aliphatic rings. The summed E-state index contributed by atoms with van der Waals surface area (Å²) in [6.45, 7) is 0. The van der Waals surface area contributed by atoms with E-state index in [1.54, 1.807) is 11.8 Å². The van der Waals surface area contributed by atoms with Crippen LogP contribution in [0.1, 0.15) is 5.56 Å². The van der Waals surface area contributed by atoms with Crippen molar-refractivity contribution in [3.05, 3.63) is 58.6 Å². The highest BCUT2D eigenvalue weighted by Gasteiger charge is 2.02. The van der Waals surface area contributed by atoms with Crippen molar-refractivity contribution in [1.82, 2.24) is 0 Å². The van der Waals surface area contributed by atoms with E-state index in [1.165, 1.54) is 5.56 Å². The van der Waals surface area contributed by atoms with E-state index >= 15 is 0 Å². The van der Waals surface area contributed by atoms with Crippen LogP contribution in [-0.4, -0.2) is 0 Å². The molecule has 0 saturated heterocycles. The van der Waals surface area contributed by atoms with Crippen molar-refractivity contribution in [1.29, 1.82) is 0 Å². The molecule has 0 aliphatic carbocycles. The highest BCUT2D eigenvalue weighted by atomic mass is 79.9. The fourth-order valence-electron chi connectivity index (χ4n) is 1.38. The molecule has 0 aliphatic heterocycles. The van der Waals surface area contributed by atoms with Crippen molar-refractivity contribution in [2.24, 2.45) is 0 Å². The van der Waals surface area contributed by atoms with E-state index in [0.717, 1.165) is 20.8 Å². The predicted molar refractivity (Wildman–Crippen MR) is 74.6 cm³/mol. The second-order valence-corrected chi connectivity index (χ2v) is 5.29. The van der Waals surface area contributed by atoms with Crippen molar-refractivity contribution in [3.63, 3.8) is 0 Å². The number of anilines is 1. The van der Waals surface area contributed by atoms with Crippen LogP contribution in [0.4, 0.5) is 5.69 Å². The van der Waals surface area contributed by atoms with Gasteiger partial charge in [-0.25, -0.2) is 0 Å². The summed E-state index contributed by atoms with van der Waals surface area (Å²) < 4.78 is 1.15. The predicted octanol–water partition coefficient (Wildman–Crippen LogP) is 4.32. The third-order valence-electron chi connectivity index (χ3n) is 2.26. The Bertz CT molecular complexity index is 439. The van der Waals surface area contributed by atoms with Crippen molar-refractivity contribution in [2.45, 2.75) is 10.6 Å². The number of hydrogen-bond acceptors (Lipinski definition) is 2. The van der Waals surface area contributed by atoms with E-state index in [2.05, 4.69) is 40.2 Å². The van der Waals surface area contributed by atoms with Crippen LogP contribution < -0.4 is 5.73 Å². The molecule has 0 spiro atoms. The minimum atomic E-state index is 0.847. The van der Waals surface area contributed by atoms with Gasteiger partial charge in [-0.05, 0) is 23.8 Å². The van der Waals surface area contributed by atoms with Gasteiger partial charge in [-0.1, -0.05) is 46.3 Å². The average Bonchev–Trinajstić information content (AvgIpc) is 2.30. The van der Waals surface area contributed by atoms with E-state index in [1.807, 2.05) is 24.3 Å². The van der Waals surface area contributed by atoms with Crippen LogP contribution in [0.3, 0.4) is 0 Å². The van der Waals surface area contributed by atoms with Gasteiger partial charge in [0.1, 0.15) is 0 Å². The van der Waals surface area contributed by atoms with Gasteiger partial charge in [0.15, 0.2) is 0 Å². The molecule has 16 heavy (non-hydrogen) atoms. The van der Waals surface area contributed by atoms with Crippen molar-refractivity contribution < 1.29 is 0 Å². The molecular weight excluding hydrogens is 282 g/mol. The van der Waals surface area contributed by atoms with Gasteiger partial charge in [0.25, 0.3) is 0 Å². The maximum atomic E-state index is 5.89. The summed E-state index contributed by atoms with van der Waals surface area (Å²) in [4.78, 5) is 1.14. The Labute approximate surface area is 108 Å². The van der Waals surface area contributed by atoms with Crippen LogP contribution in [0.2, 0.25) is 0 Å². The van der Waals surface area contributed by atoms with Crippen molar-refractivity contribution in [2.75, 3.05) is 5.73 Å². The molecule has 0 saturated carbocycles. The number of thioether (sulfide) groups is 1. The molecule has 2 aromatic rings. The highest BCUT2D eigenvalue weighted by Crippen LogP contribution is 2.30.